The van der Waals surface area contributed by atoms with Crippen LogP contribution >= 0.6 is 0 Å². The average molecular weight is 619 g/mol. The minimum absolute atomic E-state index is 0.0000694. The van der Waals surface area contributed by atoms with Crippen LogP contribution in [0.4, 0.5) is 11.5 Å². The van der Waals surface area contributed by atoms with Gasteiger partial charge in [0.1, 0.15) is 5.82 Å². The van der Waals surface area contributed by atoms with Crippen molar-refractivity contribution in [3.63, 3.8) is 0 Å². The van der Waals surface area contributed by atoms with E-state index in [-0.39, 0.29) is 24.1 Å². The number of benzene rings is 4. The highest BCUT2D eigenvalue weighted by atomic mass is 28.1. The summed E-state index contributed by atoms with van der Waals surface area (Å²) < 4.78 is 0. The van der Waals surface area contributed by atoms with Crippen molar-refractivity contribution in [1.29, 1.82) is 0 Å². The van der Waals surface area contributed by atoms with E-state index >= 15 is 0 Å². The van der Waals surface area contributed by atoms with E-state index in [0.717, 1.165) is 5.82 Å². The molecule has 0 saturated carbocycles. The molecule has 2 heterocycles. The highest BCUT2D eigenvalue weighted by molar-refractivity contribution is 7.08. The Balaban J connectivity index is 1.66. The summed E-state index contributed by atoms with van der Waals surface area (Å²) in [6.45, 7) is 15.9. The van der Waals surface area contributed by atoms with Crippen LogP contribution in [0, 0.1) is 0 Å². The van der Waals surface area contributed by atoms with Crippen molar-refractivity contribution in [2.75, 3.05) is 9.62 Å². The quantitative estimate of drug-likeness (QED) is 0.169. The first-order valence-corrected chi connectivity index (χ1v) is 17.2. The summed E-state index contributed by atoms with van der Waals surface area (Å²) in [7, 11) is 4.36. The topological polar surface area (TPSA) is 19.4 Å². The lowest BCUT2D eigenvalue weighted by Gasteiger charge is -2.34. The molecule has 5 heteroatoms. The van der Waals surface area contributed by atoms with Gasteiger partial charge >= 0.3 is 6.57 Å². The molecule has 0 aliphatic carbocycles. The second kappa shape index (κ2) is 13.0. The molecule has 0 unspecified atom stereocenters. The molecule has 1 aliphatic rings. The second-order valence-corrected chi connectivity index (χ2v) is 14.8. The lowest BCUT2D eigenvalue weighted by atomic mass is 9.83. The molecule has 3 radical (unpaired) electrons. The van der Waals surface area contributed by atoms with Crippen LogP contribution in [0.3, 0.4) is 0 Å². The molecule has 1 aromatic heterocycles. The van der Waals surface area contributed by atoms with Gasteiger partial charge in [0.25, 0.3) is 0 Å². The van der Waals surface area contributed by atoms with E-state index in [9.17, 15) is 0 Å². The van der Waals surface area contributed by atoms with E-state index in [0.29, 0.717) is 11.8 Å². The highest BCUT2D eigenvalue weighted by Crippen LogP contribution is 2.51. The number of anilines is 2. The van der Waals surface area contributed by atoms with Crippen LogP contribution in [0.5, 0.6) is 0 Å². The monoisotopic (exact) mass is 618 g/mol. The summed E-state index contributed by atoms with van der Waals surface area (Å²) in [6, 6.07) is 42.4. The summed E-state index contributed by atoms with van der Waals surface area (Å²) in [5, 5.41) is 0. The van der Waals surface area contributed by atoms with Gasteiger partial charge in [-0.25, -0.2) is 4.98 Å². The fraction of sp³-hybridized carbons (Fsp3) is 0.293. The Morgan fingerprint density at radius 1 is 0.652 bits per heavy atom. The molecule has 1 saturated heterocycles. The van der Waals surface area contributed by atoms with E-state index in [1.54, 1.807) is 0 Å². The van der Waals surface area contributed by atoms with Gasteiger partial charge < -0.3 is 9.62 Å². The number of hydrogen-bond donors (Lipinski definition) is 0. The van der Waals surface area contributed by atoms with Gasteiger partial charge in [-0.05, 0) is 68.8 Å². The molecule has 0 N–H and O–H groups in total. The van der Waals surface area contributed by atoms with E-state index in [4.69, 9.17) is 4.98 Å². The van der Waals surface area contributed by atoms with Gasteiger partial charge in [0.05, 0.1) is 12.1 Å². The van der Waals surface area contributed by atoms with Crippen molar-refractivity contribution in [2.24, 2.45) is 0 Å². The van der Waals surface area contributed by atoms with Gasteiger partial charge in [0.15, 0.2) is 0 Å². The molecule has 1 aliphatic heterocycles. The standard InChI is InChI=1S/C41H45BN3Si/c1-28(2)32-24-33(29(3)4)26-34(25-32)36-22-21-35(41(5,6)7)27-37(36)44-39(30-16-10-8-11-17-30)40(31-18-12-9-13-19-31)45(42(44)46)38-20-14-15-23-43-38/h8-29,39-40H,1-7H3/t39-,40-/m0/s1. The maximum Gasteiger partial charge on any atom is 0.347 e. The Labute approximate surface area is 280 Å². The zero-order chi connectivity index (χ0) is 32.6. The zero-order valence-corrected chi connectivity index (χ0v) is 29.3. The summed E-state index contributed by atoms with van der Waals surface area (Å²) in [4.78, 5) is 9.95. The first-order valence-electron chi connectivity index (χ1n) is 16.6. The average Bonchev–Trinajstić information content (AvgIpc) is 3.37. The smallest absolute Gasteiger partial charge is 0.347 e. The molecule has 1 fully saturated rings. The van der Waals surface area contributed by atoms with E-state index in [1.165, 1.54) is 44.6 Å². The first-order chi connectivity index (χ1) is 22.0. The number of aromatic nitrogens is 1. The summed E-state index contributed by atoms with van der Waals surface area (Å²) in [6.07, 6.45) is 1.90. The SMILES string of the molecule is CC(C)c1cc(-c2ccc(C(C)(C)C)cc2N2B([Si])N(c3ccccn3)[C@@H](c3ccccc3)[C@@H]2c2ccccc2)cc(C(C)C)c1. The molecule has 0 bridgehead atoms. The third-order valence-electron chi connectivity index (χ3n) is 9.39. The Morgan fingerprint density at radius 2 is 1.20 bits per heavy atom. The van der Waals surface area contributed by atoms with Crippen LogP contribution in [-0.4, -0.2) is 21.7 Å². The van der Waals surface area contributed by atoms with Crippen LogP contribution in [0.15, 0.2) is 121 Å². The number of pyridine rings is 1. The van der Waals surface area contributed by atoms with Gasteiger partial charge in [-0.3, -0.25) is 0 Å². The molecule has 2 atom stereocenters. The van der Waals surface area contributed by atoms with Gasteiger partial charge in [-0.1, -0.05) is 146 Å². The zero-order valence-electron chi connectivity index (χ0n) is 28.3. The van der Waals surface area contributed by atoms with Crippen LogP contribution in [0.2, 0.25) is 0 Å². The third-order valence-corrected chi connectivity index (χ3v) is 9.94. The molecule has 0 spiro atoms. The molecule has 46 heavy (non-hydrogen) atoms. The molecule has 231 valence electrons. The van der Waals surface area contributed by atoms with Crippen molar-refractivity contribution in [3.8, 4) is 11.1 Å². The molecule has 5 aromatic rings. The van der Waals surface area contributed by atoms with Gasteiger partial charge in [0, 0.05) is 27.6 Å². The maximum atomic E-state index is 4.91. The van der Waals surface area contributed by atoms with Crippen molar-refractivity contribution >= 4 is 28.2 Å². The summed E-state index contributed by atoms with van der Waals surface area (Å²) in [5.74, 6) is 1.81. The maximum absolute atomic E-state index is 4.91. The summed E-state index contributed by atoms with van der Waals surface area (Å²) in [5.41, 5.74) is 10.3. The predicted octanol–water partition coefficient (Wildman–Crippen LogP) is 10.3. The minimum Gasteiger partial charge on any atom is -0.390 e. The molecular weight excluding hydrogens is 573 g/mol. The Hall–Kier alpha value is -4.09. The Bertz CT molecular complexity index is 1740. The van der Waals surface area contributed by atoms with Gasteiger partial charge in [-0.15, -0.1) is 0 Å². The highest BCUT2D eigenvalue weighted by Gasteiger charge is 2.50. The van der Waals surface area contributed by atoms with Crippen LogP contribution in [0.1, 0.15) is 100 Å². The van der Waals surface area contributed by atoms with Crippen LogP contribution < -0.4 is 9.62 Å². The third kappa shape index (κ3) is 6.18. The lowest BCUT2D eigenvalue weighted by molar-refractivity contribution is 0.588. The van der Waals surface area contributed by atoms with Crippen molar-refractivity contribution in [1.82, 2.24) is 4.98 Å². The molecule has 4 aromatic carbocycles. The lowest BCUT2D eigenvalue weighted by Crippen LogP contribution is -2.46. The number of nitrogens with zero attached hydrogens (tertiary/aromatic N) is 3. The molecule has 6 rings (SSSR count). The summed E-state index contributed by atoms with van der Waals surface area (Å²) >= 11 is 0. The first kappa shape index (κ1) is 31.9. The van der Waals surface area contributed by atoms with Crippen molar-refractivity contribution < 1.29 is 0 Å². The number of rotatable bonds is 7. The Kier molecular flexibility index (Phi) is 8.98. The molecule has 3 nitrogen and oxygen atoms in total. The largest absolute Gasteiger partial charge is 0.390 e. The number of hydrogen-bond acceptors (Lipinski definition) is 3. The van der Waals surface area contributed by atoms with E-state index in [1.807, 2.05) is 12.3 Å². The van der Waals surface area contributed by atoms with Gasteiger partial charge in [0.2, 0.25) is 0 Å². The second-order valence-electron chi connectivity index (χ2n) is 14.3. The van der Waals surface area contributed by atoms with Crippen molar-refractivity contribution in [2.45, 2.75) is 77.8 Å². The van der Waals surface area contributed by atoms with Gasteiger partial charge in [-0.2, -0.15) is 0 Å². The molecule has 0 amide bonds. The fourth-order valence-electron chi connectivity index (χ4n) is 6.74. The fourth-order valence-corrected chi connectivity index (χ4v) is 7.33. The van der Waals surface area contributed by atoms with E-state index < -0.39 is 0 Å². The van der Waals surface area contributed by atoms with Crippen LogP contribution in [-0.2, 0) is 5.41 Å². The van der Waals surface area contributed by atoms with Crippen LogP contribution in [0.25, 0.3) is 11.1 Å². The van der Waals surface area contributed by atoms with E-state index in [2.05, 4.69) is 177 Å². The minimum atomic E-state index is -0.169. The Morgan fingerprint density at radius 3 is 1.70 bits per heavy atom. The predicted molar refractivity (Wildman–Crippen MR) is 198 cm³/mol. The van der Waals surface area contributed by atoms with Crippen molar-refractivity contribution in [3.05, 3.63) is 149 Å². The molecular formula is C41H45BN3Si. The normalized spacial score (nSPS) is 17.0.